The third-order valence-electron chi connectivity index (χ3n) is 13.6. The van der Waals surface area contributed by atoms with Crippen molar-refractivity contribution >= 4 is 23.6 Å². The molecule has 1 fully saturated rings. The molecule has 4 aliphatic rings. The van der Waals surface area contributed by atoms with E-state index < -0.39 is 0 Å². The van der Waals surface area contributed by atoms with E-state index in [2.05, 4.69) is 218 Å². The lowest BCUT2D eigenvalue weighted by Crippen LogP contribution is -2.67. The highest BCUT2D eigenvalue weighted by atomic mass is 15.3. The molecule has 5 aromatic rings. The molecule has 57 heavy (non-hydrogen) atoms. The summed E-state index contributed by atoms with van der Waals surface area (Å²) in [6.45, 7) is 22.4. The molecular formula is C54H57BN2. The van der Waals surface area contributed by atoms with Crippen LogP contribution in [0.25, 0.3) is 22.3 Å². The Morgan fingerprint density at radius 3 is 1.91 bits per heavy atom. The third-order valence-corrected chi connectivity index (χ3v) is 13.6. The number of nitrogens with zero attached hydrogens (tertiary/aromatic N) is 2. The number of anilines is 2. The first-order valence-electron chi connectivity index (χ1n) is 21.1. The number of aryl methyl sites for hydroxylation is 2. The summed E-state index contributed by atoms with van der Waals surface area (Å²) in [7, 11) is 0. The molecule has 9 rings (SSSR count). The average Bonchev–Trinajstić information content (AvgIpc) is 3.18. The van der Waals surface area contributed by atoms with Crippen molar-refractivity contribution < 1.29 is 0 Å². The van der Waals surface area contributed by atoms with E-state index in [0.717, 1.165) is 13.0 Å². The largest absolute Gasteiger partial charge is 0.341 e. The second kappa shape index (κ2) is 13.7. The van der Waals surface area contributed by atoms with Gasteiger partial charge in [-0.2, -0.15) is 0 Å². The van der Waals surface area contributed by atoms with E-state index in [4.69, 9.17) is 0 Å². The van der Waals surface area contributed by atoms with Crippen molar-refractivity contribution in [2.75, 3.05) is 9.80 Å². The summed E-state index contributed by atoms with van der Waals surface area (Å²) in [4.78, 5) is 5.48. The van der Waals surface area contributed by atoms with Crippen LogP contribution in [0.1, 0.15) is 77.1 Å². The van der Waals surface area contributed by atoms with Crippen LogP contribution in [-0.4, -0.2) is 12.3 Å². The average molecular weight is 745 g/mol. The molecule has 0 aromatic heterocycles. The molecule has 0 amide bonds. The molecule has 3 atom stereocenters. The lowest BCUT2D eigenvalue weighted by Gasteiger charge is -2.62. The minimum atomic E-state index is -0.341. The first-order valence-corrected chi connectivity index (χ1v) is 21.1. The predicted octanol–water partition coefficient (Wildman–Crippen LogP) is 13.4. The Bertz CT molecular complexity index is 2520. The number of rotatable bonds is 5. The van der Waals surface area contributed by atoms with E-state index >= 15 is 0 Å². The molecule has 1 saturated heterocycles. The fourth-order valence-corrected chi connectivity index (χ4v) is 10.6. The third kappa shape index (κ3) is 6.17. The Kier molecular flexibility index (Phi) is 8.96. The molecule has 2 aliphatic carbocycles. The van der Waals surface area contributed by atoms with Crippen LogP contribution in [0.5, 0.6) is 0 Å². The van der Waals surface area contributed by atoms with Crippen molar-refractivity contribution in [2.45, 2.75) is 97.9 Å². The summed E-state index contributed by atoms with van der Waals surface area (Å²) in [5.74, 6) is 0.514. The van der Waals surface area contributed by atoms with E-state index in [1.807, 2.05) is 0 Å². The fourth-order valence-electron chi connectivity index (χ4n) is 10.6. The highest BCUT2D eigenvalue weighted by Gasteiger charge is 2.60. The molecule has 0 saturated carbocycles. The number of hydrogen-bond acceptors (Lipinski definition) is 2. The lowest BCUT2D eigenvalue weighted by molar-refractivity contribution is 0.451. The zero-order valence-corrected chi connectivity index (χ0v) is 35.4. The molecule has 2 nitrogen and oxygen atoms in total. The van der Waals surface area contributed by atoms with E-state index in [1.54, 1.807) is 0 Å². The molecule has 3 unspecified atom stereocenters. The van der Waals surface area contributed by atoms with Crippen LogP contribution in [0.15, 0.2) is 163 Å². The number of fused-ring (bicyclic) bond motifs is 4. The number of para-hydroxylation sites is 1. The lowest BCUT2D eigenvalue weighted by atomic mass is 9.22. The Hall–Kier alpha value is -5.28. The van der Waals surface area contributed by atoms with Crippen LogP contribution in [-0.2, 0) is 12.0 Å². The van der Waals surface area contributed by atoms with Crippen LogP contribution in [0.3, 0.4) is 0 Å². The summed E-state index contributed by atoms with van der Waals surface area (Å²) >= 11 is 0. The first-order chi connectivity index (χ1) is 27.3. The highest BCUT2D eigenvalue weighted by molar-refractivity contribution is 6.80. The second-order valence-electron chi connectivity index (χ2n) is 19.3. The van der Waals surface area contributed by atoms with E-state index in [9.17, 15) is 0 Å². The quantitative estimate of drug-likeness (QED) is 0.165. The van der Waals surface area contributed by atoms with Crippen molar-refractivity contribution in [3.63, 3.8) is 0 Å². The van der Waals surface area contributed by atoms with Crippen LogP contribution < -0.4 is 15.3 Å². The van der Waals surface area contributed by atoms with Crippen molar-refractivity contribution in [2.24, 2.45) is 5.41 Å². The molecule has 286 valence electrons. The monoisotopic (exact) mass is 744 g/mol. The maximum atomic E-state index is 2.78. The second-order valence-corrected chi connectivity index (χ2v) is 19.3. The van der Waals surface area contributed by atoms with Gasteiger partial charge in [0.25, 0.3) is 0 Å². The SMILES string of the molecule is Cc1ccccc1-c1ccccc1CN1C2=CC=CC3(C)C2B(c2cc(C(C)(C)C)ccc21)C1CC(C(C)(C)C)=CC=C1N3c1ccccc1-c1ccccc1C. The molecule has 0 radical (unpaired) electrons. The highest BCUT2D eigenvalue weighted by Crippen LogP contribution is 2.61. The molecule has 5 aromatic carbocycles. The summed E-state index contributed by atoms with van der Waals surface area (Å²) in [5, 5.41) is 0. The van der Waals surface area contributed by atoms with Crippen molar-refractivity contribution in [1.82, 2.24) is 0 Å². The van der Waals surface area contributed by atoms with Gasteiger partial charge in [-0.3, -0.25) is 0 Å². The van der Waals surface area contributed by atoms with E-state index in [-0.39, 0.29) is 22.2 Å². The maximum absolute atomic E-state index is 2.78. The van der Waals surface area contributed by atoms with Gasteiger partial charge in [-0.05, 0) is 107 Å². The summed E-state index contributed by atoms with van der Waals surface area (Å²) < 4.78 is 0. The minimum absolute atomic E-state index is 0.0259. The van der Waals surface area contributed by atoms with Gasteiger partial charge < -0.3 is 9.80 Å². The van der Waals surface area contributed by atoms with Crippen molar-refractivity contribution in [3.8, 4) is 22.3 Å². The Labute approximate surface area is 342 Å². The summed E-state index contributed by atoms with van der Waals surface area (Å²) in [5.41, 5.74) is 18.9. The zero-order valence-electron chi connectivity index (χ0n) is 35.4. The normalized spacial score (nSPS) is 21.3. The molecule has 0 spiro atoms. The Morgan fingerprint density at radius 2 is 1.25 bits per heavy atom. The molecule has 0 N–H and O–H groups in total. The summed E-state index contributed by atoms with van der Waals surface area (Å²) in [6, 6.07) is 43.5. The minimum Gasteiger partial charge on any atom is -0.341 e. The smallest absolute Gasteiger partial charge is 0.200 e. The van der Waals surface area contributed by atoms with E-state index in [0.29, 0.717) is 12.5 Å². The first kappa shape index (κ1) is 37.3. The number of hydrogen-bond donors (Lipinski definition) is 0. The predicted molar refractivity (Wildman–Crippen MR) is 246 cm³/mol. The molecule has 0 bridgehead atoms. The molecule has 2 aliphatic heterocycles. The van der Waals surface area contributed by atoms with Gasteiger partial charge in [-0.1, -0.05) is 174 Å². The number of allylic oxidation sites excluding steroid dienone is 6. The van der Waals surface area contributed by atoms with Gasteiger partial charge in [0.05, 0.1) is 5.54 Å². The molecule has 3 heteroatoms. The van der Waals surface area contributed by atoms with Crippen LogP contribution >= 0.6 is 0 Å². The van der Waals surface area contributed by atoms with E-state index in [1.165, 1.54) is 78.3 Å². The van der Waals surface area contributed by atoms with Gasteiger partial charge in [-0.15, -0.1) is 0 Å². The Morgan fingerprint density at radius 1 is 0.632 bits per heavy atom. The van der Waals surface area contributed by atoms with Crippen molar-refractivity contribution in [3.05, 3.63) is 185 Å². The summed E-state index contributed by atoms with van der Waals surface area (Å²) in [6.07, 6.45) is 13.4. The van der Waals surface area contributed by atoms with Crippen LogP contribution in [0, 0.1) is 19.3 Å². The van der Waals surface area contributed by atoms with Crippen LogP contribution in [0.2, 0.25) is 11.6 Å². The topological polar surface area (TPSA) is 6.48 Å². The van der Waals surface area contributed by atoms with Gasteiger partial charge >= 0.3 is 0 Å². The number of benzene rings is 5. The molecular weight excluding hydrogens is 687 g/mol. The maximum Gasteiger partial charge on any atom is 0.200 e. The van der Waals surface area contributed by atoms with Crippen molar-refractivity contribution in [1.29, 1.82) is 0 Å². The fraction of sp³-hybridized carbons (Fsp3) is 0.296. The molecule has 2 heterocycles. The van der Waals surface area contributed by atoms with Crippen LogP contribution in [0.4, 0.5) is 11.4 Å². The zero-order chi connectivity index (χ0) is 39.9. The Balaban J connectivity index is 1.30. The van der Waals surface area contributed by atoms with Gasteiger partial charge in [0.15, 0.2) is 0 Å². The van der Waals surface area contributed by atoms with Gasteiger partial charge in [0, 0.05) is 40.7 Å². The van der Waals surface area contributed by atoms with Gasteiger partial charge in [0.1, 0.15) is 0 Å². The standard InChI is InChI=1S/C54H57BN2/c1-36-19-10-13-22-41(36)43-24-15-12-21-38(43)35-56-48-30-28-39(52(3,4)5)33-45(48)55-46-34-40(53(6,7)8)29-31-49(46)57(54(9)32-18-27-50(56)51(54)55)47-26-17-16-25-44(47)42-23-14-11-20-37(42)2/h10-33,46,51H,34-35H2,1-9H3. The van der Waals surface area contributed by atoms with Gasteiger partial charge in [0.2, 0.25) is 6.71 Å². The van der Waals surface area contributed by atoms with Gasteiger partial charge in [-0.25, -0.2) is 0 Å².